The van der Waals surface area contributed by atoms with E-state index in [1.54, 1.807) is 7.11 Å². The lowest BCUT2D eigenvalue weighted by atomic mass is 10.0. The molecule has 3 rings (SSSR count). The minimum Gasteiger partial charge on any atom is -0.496 e. The van der Waals surface area contributed by atoms with Crippen LogP contribution in [0.5, 0.6) is 5.75 Å². The van der Waals surface area contributed by atoms with Gasteiger partial charge >= 0.3 is 12.1 Å². The van der Waals surface area contributed by atoms with Gasteiger partial charge in [0.05, 0.1) is 7.11 Å². The number of alkyl halides is 3. The summed E-state index contributed by atoms with van der Waals surface area (Å²) < 4.78 is 50.3. The molecule has 1 amide bonds. The smallest absolute Gasteiger partial charge is 0.490 e. The Bertz CT molecular complexity index is 1180. The molecule has 0 heterocycles. The van der Waals surface area contributed by atoms with E-state index in [9.17, 15) is 22.4 Å². The summed E-state index contributed by atoms with van der Waals surface area (Å²) in [5.74, 6) is -2.57. The fourth-order valence-corrected chi connectivity index (χ4v) is 2.99. The number of carboxylic acid groups (broad SMARTS) is 1. The highest BCUT2D eigenvalue weighted by atomic mass is 19.4. The third kappa shape index (κ3) is 8.70. The Hall–Kier alpha value is -3.92. The number of methoxy groups -OCH3 is 1. The maximum absolute atomic E-state index is 13.1. The molecule has 0 aliphatic heterocycles. The first-order valence-corrected chi connectivity index (χ1v) is 10.8. The second kappa shape index (κ2) is 12.7. The maximum Gasteiger partial charge on any atom is 0.490 e. The number of aliphatic carboxylic acids is 1. The number of anilines is 1. The molecule has 0 saturated heterocycles. The van der Waals surface area contributed by atoms with Crippen molar-refractivity contribution in [2.75, 3.05) is 12.4 Å². The molecule has 3 aromatic rings. The van der Waals surface area contributed by atoms with E-state index in [1.807, 2.05) is 36.4 Å². The summed E-state index contributed by atoms with van der Waals surface area (Å²) in [7, 11) is 1.67. The van der Waals surface area contributed by atoms with Gasteiger partial charge in [-0.3, -0.25) is 4.79 Å². The van der Waals surface area contributed by atoms with E-state index in [-0.39, 0.29) is 11.7 Å². The van der Waals surface area contributed by atoms with Gasteiger partial charge in [0, 0.05) is 29.4 Å². The molecule has 3 aromatic carbocycles. The van der Waals surface area contributed by atoms with Crippen molar-refractivity contribution in [2.24, 2.45) is 0 Å². The number of amides is 1. The molecule has 0 saturated carbocycles. The molecule has 0 aliphatic rings. The van der Waals surface area contributed by atoms with Gasteiger partial charge < -0.3 is 20.5 Å². The van der Waals surface area contributed by atoms with Crippen LogP contribution < -0.4 is 15.4 Å². The van der Waals surface area contributed by atoms with Crippen LogP contribution in [0.15, 0.2) is 66.7 Å². The number of halogens is 4. The van der Waals surface area contributed by atoms with Crippen LogP contribution in [-0.4, -0.2) is 36.3 Å². The van der Waals surface area contributed by atoms with Gasteiger partial charge in [0.1, 0.15) is 11.6 Å². The number of ether oxygens (including phenoxy) is 1. The first kappa shape index (κ1) is 28.3. The van der Waals surface area contributed by atoms with Crippen LogP contribution in [-0.2, 0) is 11.3 Å². The third-order valence-electron chi connectivity index (χ3n) is 4.78. The molecule has 36 heavy (non-hydrogen) atoms. The molecule has 6 nitrogen and oxygen atoms in total. The Balaban J connectivity index is 0.000000572. The minimum absolute atomic E-state index is 0.279. The van der Waals surface area contributed by atoms with Gasteiger partial charge in [-0.05, 0) is 59.7 Å². The maximum atomic E-state index is 13.1. The van der Waals surface area contributed by atoms with Crippen molar-refractivity contribution in [3.05, 3.63) is 83.7 Å². The zero-order chi connectivity index (χ0) is 26.9. The molecule has 0 spiro atoms. The summed E-state index contributed by atoms with van der Waals surface area (Å²) in [4.78, 5) is 21.3. The highest BCUT2D eigenvalue weighted by molar-refractivity contribution is 6.04. The van der Waals surface area contributed by atoms with E-state index in [2.05, 4.69) is 30.5 Å². The van der Waals surface area contributed by atoms with E-state index in [4.69, 9.17) is 14.6 Å². The first-order chi connectivity index (χ1) is 16.9. The predicted octanol–water partition coefficient (Wildman–Crippen LogP) is 5.88. The summed E-state index contributed by atoms with van der Waals surface area (Å²) in [6, 6.07) is 19.5. The lowest BCUT2D eigenvalue weighted by Crippen LogP contribution is -2.22. The molecule has 0 aromatic heterocycles. The Kier molecular flexibility index (Phi) is 9.98. The molecule has 10 heteroatoms. The molecule has 0 atom stereocenters. The Labute approximate surface area is 205 Å². The van der Waals surface area contributed by atoms with E-state index >= 15 is 0 Å². The minimum atomic E-state index is -5.08. The van der Waals surface area contributed by atoms with Gasteiger partial charge in [0.25, 0.3) is 5.91 Å². The van der Waals surface area contributed by atoms with Crippen molar-refractivity contribution in [3.8, 4) is 16.9 Å². The topological polar surface area (TPSA) is 87.7 Å². The Morgan fingerprint density at radius 1 is 0.972 bits per heavy atom. The summed E-state index contributed by atoms with van der Waals surface area (Å²) >= 11 is 0. The molecular formula is C26H26F4N2O4. The van der Waals surface area contributed by atoms with Gasteiger partial charge in [-0.25, -0.2) is 9.18 Å². The monoisotopic (exact) mass is 506 g/mol. The zero-order valence-corrected chi connectivity index (χ0v) is 19.8. The number of rotatable bonds is 7. The number of carboxylic acids is 1. The van der Waals surface area contributed by atoms with Crippen LogP contribution in [0.2, 0.25) is 0 Å². The molecular weight excluding hydrogens is 480 g/mol. The molecule has 0 radical (unpaired) electrons. The summed E-state index contributed by atoms with van der Waals surface area (Å²) in [6.07, 6.45) is -5.08. The molecule has 0 aliphatic carbocycles. The first-order valence-electron chi connectivity index (χ1n) is 10.8. The summed E-state index contributed by atoms with van der Waals surface area (Å²) in [5, 5.41) is 13.4. The number of nitrogens with one attached hydrogen (secondary N) is 2. The zero-order valence-electron chi connectivity index (χ0n) is 19.8. The lowest BCUT2D eigenvalue weighted by molar-refractivity contribution is -0.192. The van der Waals surface area contributed by atoms with E-state index < -0.39 is 12.1 Å². The lowest BCUT2D eigenvalue weighted by Gasteiger charge is -2.14. The number of hydrogen-bond donors (Lipinski definition) is 3. The van der Waals surface area contributed by atoms with Gasteiger partial charge in [0.15, 0.2) is 0 Å². The van der Waals surface area contributed by atoms with Crippen LogP contribution in [0.4, 0.5) is 23.2 Å². The van der Waals surface area contributed by atoms with Gasteiger partial charge in [-0.15, -0.1) is 0 Å². The van der Waals surface area contributed by atoms with Crippen LogP contribution >= 0.6 is 0 Å². The van der Waals surface area contributed by atoms with Crippen molar-refractivity contribution >= 4 is 17.6 Å². The van der Waals surface area contributed by atoms with Crippen molar-refractivity contribution in [3.63, 3.8) is 0 Å². The largest absolute Gasteiger partial charge is 0.496 e. The Morgan fingerprint density at radius 2 is 1.58 bits per heavy atom. The second-order valence-electron chi connectivity index (χ2n) is 7.91. The van der Waals surface area contributed by atoms with Crippen molar-refractivity contribution in [1.29, 1.82) is 0 Å². The number of benzene rings is 3. The predicted molar refractivity (Wildman–Crippen MR) is 128 cm³/mol. The standard InChI is InChI=1S/C24H25FN2O2.C2HF3O2/c1-16(2)26-15-20-13-19(9-12-23(20)29-3)18-5-4-6-22(14-18)27-24(28)17-7-10-21(25)11-8-17;3-2(4,5)1(6)7/h4-14,16,26H,15H2,1-3H3,(H,27,28);(H,6,7). The van der Waals surface area contributed by atoms with Gasteiger partial charge in [0.2, 0.25) is 0 Å². The third-order valence-corrected chi connectivity index (χ3v) is 4.78. The number of carbonyl (C=O) groups is 2. The fraction of sp³-hybridized carbons (Fsp3) is 0.231. The highest BCUT2D eigenvalue weighted by Gasteiger charge is 2.38. The molecule has 0 unspecified atom stereocenters. The molecule has 0 bridgehead atoms. The summed E-state index contributed by atoms with van der Waals surface area (Å²) in [5.41, 5.74) is 4.16. The van der Waals surface area contributed by atoms with Crippen LogP contribution in [0.25, 0.3) is 11.1 Å². The van der Waals surface area contributed by atoms with Crippen molar-refractivity contribution < 1.29 is 37.0 Å². The van der Waals surface area contributed by atoms with Crippen molar-refractivity contribution in [2.45, 2.75) is 32.6 Å². The average Bonchev–Trinajstić information content (AvgIpc) is 2.83. The second-order valence-corrected chi connectivity index (χ2v) is 7.91. The molecule has 0 fully saturated rings. The van der Waals surface area contributed by atoms with Gasteiger partial charge in [-0.1, -0.05) is 32.0 Å². The van der Waals surface area contributed by atoms with Crippen LogP contribution in [0, 0.1) is 5.82 Å². The van der Waals surface area contributed by atoms with E-state index in [0.717, 1.165) is 22.4 Å². The quantitative estimate of drug-likeness (QED) is 0.348. The van der Waals surface area contributed by atoms with Crippen LogP contribution in [0.1, 0.15) is 29.8 Å². The fourth-order valence-electron chi connectivity index (χ4n) is 2.99. The molecule has 3 N–H and O–H groups in total. The molecule has 192 valence electrons. The average molecular weight is 506 g/mol. The highest BCUT2D eigenvalue weighted by Crippen LogP contribution is 2.28. The Morgan fingerprint density at radius 3 is 2.14 bits per heavy atom. The van der Waals surface area contributed by atoms with Gasteiger partial charge in [-0.2, -0.15) is 13.2 Å². The SMILES string of the molecule is COc1ccc(-c2cccc(NC(=O)c3ccc(F)cc3)c2)cc1CNC(C)C.O=C(O)C(F)(F)F. The van der Waals surface area contributed by atoms with Crippen LogP contribution in [0.3, 0.4) is 0 Å². The van der Waals surface area contributed by atoms with E-state index in [0.29, 0.717) is 23.8 Å². The van der Waals surface area contributed by atoms with Crippen molar-refractivity contribution in [1.82, 2.24) is 5.32 Å². The number of hydrogen-bond acceptors (Lipinski definition) is 4. The van der Waals surface area contributed by atoms with E-state index in [1.165, 1.54) is 24.3 Å². The summed E-state index contributed by atoms with van der Waals surface area (Å²) in [6.45, 7) is 4.91. The normalized spacial score (nSPS) is 10.9. The number of carbonyl (C=O) groups excluding carboxylic acids is 1.